The lowest BCUT2D eigenvalue weighted by Crippen LogP contribution is -2.40. The van der Waals surface area contributed by atoms with Gasteiger partial charge >= 0.3 is 18.4 Å². The average Bonchev–Trinajstić information content (AvgIpc) is 2.86. The monoisotopic (exact) mass is 601 g/mol. The molecule has 1 N–H and O–H groups in total. The van der Waals surface area contributed by atoms with E-state index in [9.17, 15) is 35.9 Å². The van der Waals surface area contributed by atoms with Crippen LogP contribution in [0.15, 0.2) is 60.8 Å². The molecule has 3 aromatic rings. The van der Waals surface area contributed by atoms with Crippen LogP contribution in [-0.2, 0) is 23.6 Å². The van der Waals surface area contributed by atoms with E-state index in [1.807, 2.05) is 0 Å². The fraction of sp³-hybridized carbons (Fsp3) is 0.321. The molecular formula is C28H26ClF6N3O3. The van der Waals surface area contributed by atoms with Crippen LogP contribution in [-0.4, -0.2) is 40.6 Å². The number of aromatic nitrogens is 1. The van der Waals surface area contributed by atoms with Crippen LogP contribution in [0.3, 0.4) is 0 Å². The molecule has 0 aliphatic heterocycles. The normalized spacial score (nSPS) is 12.1. The Morgan fingerprint density at radius 3 is 2.05 bits per heavy atom. The van der Waals surface area contributed by atoms with Crippen LogP contribution in [0.5, 0.6) is 0 Å². The number of rotatable bonds is 7. The summed E-state index contributed by atoms with van der Waals surface area (Å²) in [5, 5.41) is 2.21. The van der Waals surface area contributed by atoms with Gasteiger partial charge in [-0.1, -0.05) is 41.9 Å². The zero-order chi connectivity index (χ0) is 30.6. The Morgan fingerprint density at radius 1 is 0.927 bits per heavy atom. The molecule has 2 amide bonds. The first-order valence-corrected chi connectivity index (χ1v) is 12.6. The number of benzene rings is 2. The van der Waals surface area contributed by atoms with Gasteiger partial charge in [-0.3, -0.25) is 4.79 Å². The highest BCUT2D eigenvalue weighted by Crippen LogP contribution is 2.37. The average molecular weight is 602 g/mol. The van der Waals surface area contributed by atoms with Crippen molar-refractivity contribution in [2.24, 2.45) is 0 Å². The molecule has 41 heavy (non-hydrogen) atoms. The Labute approximate surface area is 237 Å². The van der Waals surface area contributed by atoms with Crippen molar-refractivity contribution in [2.45, 2.75) is 45.3 Å². The summed E-state index contributed by atoms with van der Waals surface area (Å²) in [6.07, 6.45) is -9.61. The predicted molar refractivity (Wildman–Crippen MR) is 140 cm³/mol. The largest absolute Gasteiger partial charge is 0.444 e. The molecule has 0 unspecified atom stereocenters. The number of alkyl halides is 6. The van der Waals surface area contributed by atoms with Crippen LogP contribution in [0.1, 0.15) is 47.8 Å². The quantitative estimate of drug-likeness (QED) is 0.224. The first kappa shape index (κ1) is 31.7. The highest BCUT2D eigenvalue weighted by atomic mass is 35.5. The van der Waals surface area contributed by atoms with Crippen molar-refractivity contribution >= 4 is 23.6 Å². The van der Waals surface area contributed by atoms with E-state index in [1.165, 1.54) is 12.3 Å². The van der Waals surface area contributed by atoms with Crippen LogP contribution in [0.25, 0.3) is 11.1 Å². The highest BCUT2D eigenvalue weighted by Gasteiger charge is 2.37. The summed E-state index contributed by atoms with van der Waals surface area (Å²) in [5.41, 5.74) is -3.50. The Hall–Kier alpha value is -3.80. The molecule has 0 spiro atoms. The number of nitrogens with one attached hydrogen (secondary N) is 1. The summed E-state index contributed by atoms with van der Waals surface area (Å²) in [6, 6.07) is 11.2. The number of amides is 2. The number of alkyl carbamates (subject to hydrolysis) is 1. The third kappa shape index (κ3) is 8.84. The zero-order valence-electron chi connectivity index (χ0n) is 22.2. The lowest BCUT2D eigenvalue weighted by molar-refractivity contribution is -0.143. The minimum Gasteiger partial charge on any atom is -0.444 e. The topological polar surface area (TPSA) is 71.5 Å². The first-order valence-electron chi connectivity index (χ1n) is 12.2. The molecule has 0 bridgehead atoms. The first-order chi connectivity index (χ1) is 19.0. The summed E-state index contributed by atoms with van der Waals surface area (Å²) in [7, 11) is 0. The van der Waals surface area contributed by atoms with Gasteiger partial charge in [0.05, 0.1) is 16.7 Å². The minimum absolute atomic E-state index is 0.00517. The van der Waals surface area contributed by atoms with Crippen molar-refractivity contribution in [3.05, 3.63) is 88.2 Å². The van der Waals surface area contributed by atoms with E-state index >= 15 is 0 Å². The van der Waals surface area contributed by atoms with E-state index in [4.69, 9.17) is 16.3 Å². The maximum absolute atomic E-state index is 13.8. The van der Waals surface area contributed by atoms with Crippen molar-refractivity contribution in [3.8, 4) is 11.1 Å². The van der Waals surface area contributed by atoms with Gasteiger partial charge in [-0.05, 0) is 61.7 Å². The predicted octanol–water partition coefficient (Wildman–Crippen LogP) is 7.61. The third-order valence-corrected chi connectivity index (χ3v) is 5.85. The second-order valence-corrected chi connectivity index (χ2v) is 10.3. The van der Waals surface area contributed by atoms with E-state index in [0.717, 1.165) is 4.90 Å². The standard InChI is InChI=1S/C28H26ClF6N3O3/c1-26(2,3)41-25(40)37-11-12-38(16-17-13-19(27(30,31)32)15-20(14-17)28(33,34)35)24(39)22-21(9-10-36-23(22)29)18-7-5-4-6-8-18/h4-10,13-15H,11-12,16H2,1-3H3,(H,37,40). The summed E-state index contributed by atoms with van der Waals surface area (Å²) in [6.45, 7) is 3.68. The molecule has 1 heterocycles. The molecule has 0 aliphatic rings. The molecule has 0 saturated heterocycles. The van der Waals surface area contributed by atoms with Gasteiger partial charge in [0.2, 0.25) is 0 Å². The van der Waals surface area contributed by atoms with Crippen LogP contribution in [0, 0.1) is 0 Å². The van der Waals surface area contributed by atoms with E-state index < -0.39 is 53.2 Å². The molecule has 0 fully saturated rings. The van der Waals surface area contributed by atoms with Crippen molar-refractivity contribution < 1.29 is 40.7 Å². The van der Waals surface area contributed by atoms with Crippen molar-refractivity contribution in [1.82, 2.24) is 15.2 Å². The fourth-order valence-corrected chi connectivity index (χ4v) is 4.09. The third-order valence-electron chi connectivity index (χ3n) is 5.56. The minimum atomic E-state index is -5.07. The van der Waals surface area contributed by atoms with Gasteiger partial charge in [0, 0.05) is 25.8 Å². The molecule has 3 rings (SSSR count). The number of pyridine rings is 1. The Bertz CT molecular complexity index is 1360. The van der Waals surface area contributed by atoms with Crippen LogP contribution < -0.4 is 5.32 Å². The number of carbonyl (C=O) groups excluding carboxylic acids is 2. The van der Waals surface area contributed by atoms with Gasteiger partial charge in [0.25, 0.3) is 5.91 Å². The SMILES string of the molecule is CC(C)(C)OC(=O)NCCN(Cc1cc(C(F)(F)F)cc(C(F)(F)F)c1)C(=O)c1c(-c2ccccc2)ccnc1Cl. The zero-order valence-corrected chi connectivity index (χ0v) is 22.9. The number of nitrogens with zero attached hydrogens (tertiary/aromatic N) is 2. The lowest BCUT2D eigenvalue weighted by Gasteiger charge is -2.26. The summed E-state index contributed by atoms with van der Waals surface area (Å²) >= 11 is 6.30. The summed E-state index contributed by atoms with van der Waals surface area (Å²) in [4.78, 5) is 30.9. The Balaban J connectivity index is 2.04. The highest BCUT2D eigenvalue weighted by molar-refractivity contribution is 6.33. The van der Waals surface area contributed by atoms with Gasteiger partial charge in [0.1, 0.15) is 10.8 Å². The molecule has 0 radical (unpaired) electrons. The van der Waals surface area contributed by atoms with Gasteiger partial charge in [0.15, 0.2) is 0 Å². The van der Waals surface area contributed by atoms with Crippen molar-refractivity contribution in [1.29, 1.82) is 0 Å². The second-order valence-electron chi connectivity index (χ2n) is 9.96. The number of halogens is 7. The van der Waals surface area contributed by atoms with Crippen molar-refractivity contribution in [3.63, 3.8) is 0 Å². The maximum Gasteiger partial charge on any atom is 0.416 e. The molecule has 1 aromatic heterocycles. The van der Waals surface area contributed by atoms with Crippen LogP contribution >= 0.6 is 11.6 Å². The van der Waals surface area contributed by atoms with Crippen molar-refractivity contribution in [2.75, 3.05) is 13.1 Å². The number of hydrogen-bond donors (Lipinski definition) is 1. The van der Waals surface area contributed by atoms with E-state index in [0.29, 0.717) is 23.3 Å². The van der Waals surface area contributed by atoms with Gasteiger partial charge in [-0.15, -0.1) is 0 Å². The fourth-order valence-electron chi connectivity index (χ4n) is 3.85. The Kier molecular flexibility index (Phi) is 9.58. The summed E-state index contributed by atoms with van der Waals surface area (Å²) in [5.74, 6) is -0.820. The second kappa shape index (κ2) is 12.4. The smallest absolute Gasteiger partial charge is 0.416 e. The molecule has 220 valence electrons. The van der Waals surface area contributed by atoms with Crippen LogP contribution in [0.4, 0.5) is 31.1 Å². The molecule has 6 nitrogen and oxygen atoms in total. The lowest BCUT2D eigenvalue weighted by atomic mass is 10.00. The van der Waals surface area contributed by atoms with E-state index in [-0.39, 0.29) is 29.9 Å². The van der Waals surface area contributed by atoms with Crippen LogP contribution in [0.2, 0.25) is 5.15 Å². The molecule has 2 aromatic carbocycles. The van der Waals surface area contributed by atoms with Gasteiger partial charge in [-0.25, -0.2) is 9.78 Å². The molecule has 0 aliphatic carbocycles. The Morgan fingerprint density at radius 2 is 1.51 bits per heavy atom. The number of carbonyl (C=O) groups is 2. The maximum atomic E-state index is 13.8. The summed E-state index contributed by atoms with van der Waals surface area (Å²) < 4.78 is 86.0. The molecule has 13 heteroatoms. The number of ether oxygens (including phenoxy) is 1. The van der Waals surface area contributed by atoms with Gasteiger partial charge in [-0.2, -0.15) is 26.3 Å². The molecule has 0 saturated carbocycles. The molecule has 0 atom stereocenters. The molecular weight excluding hydrogens is 576 g/mol. The number of hydrogen-bond acceptors (Lipinski definition) is 4. The van der Waals surface area contributed by atoms with E-state index in [1.54, 1.807) is 51.1 Å². The van der Waals surface area contributed by atoms with Gasteiger partial charge < -0.3 is 15.0 Å². The van der Waals surface area contributed by atoms with E-state index in [2.05, 4.69) is 10.3 Å².